The van der Waals surface area contributed by atoms with Crippen LogP contribution in [0, 0.1) is 3.57 Å². The van der Waals surface area contributed by atoms with Gasteiger partial charge in [0.25, 0.3) is 0 Å². The zero-order chi connectivity index (χ0) is 7.56. The maximum Gasteiger partial charge on any atom is 0.0401 e. The first kappa shape index (κ1) is 7.94. The summed E-state index contributed by atoms with van der Waals surface area (Å²) in [4.78, 5) is 4.02. The van der Waals surface area contributed by atoms with Gasteiger partial charge in [-0.15, -0.1) is 0 Å². The normalized spacial score (nSPS) is 13.1. The minimum atomic E-state index is 0.0854. The van der Waals surface area contributed by atoms with Crippen molar-refractivity contribution in [2.45, 2.75) is 13.0 Å². The predicted octanol–water partition coefficient (Wildman–Crippen LogP) is 1.71. The fourth-order valence-corrected chi connectivity index (χ4v) is 1.20. The fraction of sp³-hybridized carbons (Fsp3) is 0.286. The minimum absolute atomic E-state index is 0.0854. The molecule has 1 aromatic rings. The number of halogens is 1. The summed E-state index contributed by atoms with van der Waals surface area (Å²) in [5.41, 5.74) is 6.73. The van der Waals surface area contributed by atoms with Gasteiger partial charge in [0, 0.05) is 22.0 Å². The van der Waals surface area contributed by atoms with Gasteiger partial charge in [0.1, 0.15) is 0 Å². The van der Waals surface area contributed by atoms with E-state index >= 15 is 0 Å². The lowest BCUT2D eigenvalue weighted by Crippen LogP contribution is -2.05. The molecule has 1 rings (SSSR count). The summed E-state index contributed by atoms with van der Waals surface area (Å²) in [7, 11) is 0. The summed E-state index contributed by atoms with van der Waals surface area (Å²) < 4.78 is 1.13. The zero-order valence-electron chi connectivity index (χ0n) is 5.71. The zero-order valence-corrected chi connectivity index (χ0v) is 7.87. The van der Waals surface area contributed by atoms with Crippen LogP contribution in [-0.4, -0.2) is 4.98 Å². The summed E-state index contributed by atoms with van der Waals surface area (Å²) in [6.07, 6.45) is 3.61. The fourth-order valence-electron chi connectivity index (χ4n) is 0.677. The average molecular weight is 248 g/mol. The Morgan fingerprint density at radius 1 is 1.60 bits per heavy atom. The van der Waals surface area contributed by atoms with Crippen molar-refractivity contribution in [3.8, 4) is 0 Å². The molecule has 0 aromatic carbocycles. The average Bonchev–Trinajstić information content (AvgIpc) is 1.88. The molecule has 0 saturated heterocycles. The molecule has 0 aliphatic carbocycles. The highest BCUT2D eigenvalue weighted by Gasteiger charge is 1.98. The SMILES string of the molecule is CC(N)c1cncc(I)c1. The molecule has 0 aliphatic rings. The van der Waals surface area contributed by atoms with E-state index in [4.69, 9.17) is 5.73 Å². The van der Waals surface area contributed by atoms with Crippen LogP contribution in [0.5, 0.6) is 0 Å². The lowest BCUT2D eigenvalue weighted by atomic mass is 10.2. The van der Waals surface area contributed by atoms with Crippen LogP contribution in [0.3, 0.4) is 0 Å². The molecule has 0 amide bonds. The van der Waals surface area contributed by atoms with E-state index in [1.165, 1.54) is 0 Å². The van der Waals surface area contributed by atoms with E-state index in [-0.39, 0.29) is 6.04 Å². The Kier molecular flexibility index (Phi) is 2.62. The van der Waals surface area contributed by atoms with E-state index < -0.39 is 0 Å². The van der Waals surface area contributed by atoms with Gasteiger partial charge in [-0.3, -0.25) is 4.98 Å². The number of rotatable bonds is 1. The van der Waals surface area contributed by atoms with Crippen LogP contribution in [-0.2, 0) is 0 Å². The van der Waals surface area contributed by atoms with Gasteiger partial charge in [0.2, 0.25) is 0 Å². The van der Waals surface area contributed by atoms with Gasteiger partial charge >= 0.3 is 0 Å². The standard InChI is InChI=1S/C7H9IN2/c1-5(9)6-2-7(8)4-10-3-6/h2-5H,9H2,1H3. The lowest BCUT2D eigenvalue weighted by molar-refractivity contribution is 0.810. The molecule has 10 heavy (non-hydrogen) atoms. The molecule has 3 heteroatoms. The van der Waals surface area contributed by atoms with Crippen LogP contribution in [0.2, 0.25) is 0 Å². The van der Waals surface area contributed by atoms with Gasteiger partial charge in [-0.1, -0.05) is 0 Å². The first-order chi connectivity index (χ1) is 4.70. The Hall–Kier alpha value is -0.160. The molecular formula is C7H9IN2. The molecule has 1 heterocycles. The van der Waals surface area contributed by atoms with Crippen molar-refractivity contribution in [2.24, 2.45) is 5.73 Å². The predicted molar refractivity (Wildman–Crippen MR) is 49.6 cm³/mol. The summed E-state index contributed by atoms with van der Waals surface area (Å²) in [6, 6.07) is 2.13. The smallest absolute Gasteiger partial charge is 0.0401 e. The Labute approximate surface area is 74.0 Å². The highest BCUT2D eigenvalue weighted by molar-refractivity contribution is 14.1. The third kappa shape index (κ3) is 1.91. The number of pyridine rings is 1. The molecule has 0 radical (unpaired) electrons. The van der Waals surface area contributed by atoms with E-state index in [1.54, 1.807) is 6.20 Å². The summed E-state index contributed by atoms with van der Waals surface area (Å²) in [5, 5.41) is 0. The summed E-state index contributed by atoms with van der Waals surface area (Å²) >= 11 is 2.22. The number of aromatic nitrogens is 1. The summed E-state index contributed by atoms with van der Waals surface area (Å²) in [6.45, 7) is 1.95. The quantitative estimate of drug-likeness (QED) is 0.768. The molecule has 1 aromatic heterocycles. The van der Waals surface area contributed by atoms with E-state index in [9.17, 15) is 0 Å². The summed E-state index contributed by atoms with van der Waals surface area (Å²) in [5.74, 6) is 0. The van der Waals surface area contributed by atoms with E-state index in [0.717, 1.165) is 9.13 Å². The van der Waals surface area contributed by atoms with Crippen molar-refractivity contribution in [2.75, 3.05) is 0 Å². The highest BCUT2D eigenvalue weighted by Crippen LogP contribution is 2.10. The van der Waals surface area contributed by atoms with Gasteiger partial charge in [0.15, 0.2) is 0 Å². The van der Waals surface area contributed by atoms with Crippen LogP contribution in [0.4, 0.5) is 0 Å². The molecule has 2 nitrogen and oxygen atoms in total. The molecule has 1 atom stereocenters. The Morgan fingerprint density at radius 3 is 2.70 bits per heavy atom. The third-order valence-electron chi connectivity index (χ3n) is 1.25. The first-order valence-corrected chi connectivity index (χ1v) is 4.14. The molecular weight excluding hydrogens is 239 g/mol. The van der Waals surface area contributed by atoms with Crippen molar-refractivity contribution < 1.29 is 0 Å². The van der Waals surface area contributed by atoms with Gasteiger partial charge in [0.05, 0.1) is 0 Å². The first-order valence-electron chi connectivity index (χ1n) is 3.06. The number of hydrogen-bond acceptors (Lipinski definition) is 2. The third-order valence-corrected chi connectivity index (χ3v) is 1.84. The van der Waals surface area contributed by atoms with Crippen molar-refractivity contribution in [1.29, 1.82) is 0 Å². The number of hydrogen-bond donors (Lipinski definition) is 1. The van der Waals surface area contributed by atoms with Gasteiger partial charge in [-0.2, -0.15) is 0 Å². The number of nitrogens with two attached hydrogens (primary N) is 1. The maximum absolute atomic E-state index is 5.64. The van der Waals surface area contributed by atoms with Crippen LogP contribution in [0.1, 0.15) is 18.5 Å². The highest BCUT2D eigenvalue weighted by atomic mass is 127. The Balaban J connectivity index is 2.96. The second kappa shape index (κ2) is 3.30. The van der Waals surface area contributed by atoms with Crippen molar-refractivity contribution >= 4 is 22.6 Å². The van der Waals surface area contributed by atoms with E-state index in [0.29, 0.717) is 0 Å². The van der Waals surface area contributed by atoms with Gasteiger partial charge < -0.3 is 5.73 Å². The van der Waals surface area contributed by atoms with Crippen molar-refractivity contribution in [3.63, 3.8) is 0 Å². The van der Waals surface area contributed by atoms with E-state index in [1.807, 2.05) is 19.2 Å². The van der Waals surface area contributed by atoms with Crippen molar-refractivity contribution in [1.82, 2.24) is 4.98 Å². The second-order valence-electron chi connectivity index (χ2n) is 2.23. The molecule has 54 valence electrons. The van der Waals surface area contributed by atoms with E-state index in [2.05, 4.69) is 27.6 Å². The maximum atomic E-state index is 5.64. The molecule has 0 saturated carbocycles. The topological polar surface area (TPSA) is 38.9 Å². The Bertz CT molecular complexity index is 223. The van der Waals surface area contributed by atoms with Crippen LogP contribution in [0.15, 0.2) is 18.5 Å². The van der Waals surface area contributed by atoms with Gasteiger partial charge in [-0.05, 0) is 41.1 Å². The largest absolute Gasteiger partial charge is 0.324 e. The van der Waals surface area contributed by atoms with Crippen LogP contribution in [0.25, 0.3) is 0 Å². The second-order valence-corrected chi connectivity index (χ2v) is 3.47. The minimum Gasteiger partial charge on any atom is -0.324 e. The molecule has 2 N–H and O–H groups in total. The monoisotopic (exact) mass is 248 g/mol. The molecule has 0 fully saturated rings. The van der Waals surface area contributed by atoms with Crippen molar-refractivity contribution in [3.05, 3.63) is 27.6 Å². The van der Waals surface area contributed by atoms with Crippen LogP contribution >= 0.6 is 22.6 Å². The molecule has 0 aliphatic heterocycles. The Morgan fingerprint density at radius 2 is 2.30 bits per heavy atom. The molecule has 1 unspecified atom stereocenters. The van der Waals surface area contributed by atoms with Gasteiger partial charge in [-0.25, -0.2) is 0 Å². The molecule has 0 spiro atoms. The number of nitrogens with zero attached hydrogens (tertiary/aromatic N) is 1. The van der Waals surface area contributed by atoms with Crippen LogP contribution < -0.4 is 5.73 Å². The molecule has 0 bridgehead atoms. The lowest BCUT2D eigenvalue weighted by Gasteiger charge is -2.03.